The van der Waals surface area contributed by atoms with E-state index in [1.54, 1.807) is 6.08 Å². The number of isocyanates is 1. The fourth-order valence-corrected chi connectivity index (χ4v) is 2.74. The Balaban J connectivity index is 3.78. The monoisotopic (exact) mass is 339 g/mol. The topological polar surface area (TPSA) is 55.7 Å². The van der Waals surface area contributed by atoms with E-state index in [9.17, 15) is 9.59 Å². The van der Waals surface area contributed by atoms with Crippen LogP contribution in [0.25, 0.3) is 0 Å². The molecule has 4 heteroatoms. The highest BCUT2D eigenvalue weighted by molar-refractivity contribution is 5.69. The van der Waals surface area contributed by atoms with Crippen molar-refractivity contribution in [2.45, 2.75) is 116 Å². The summed E-state index contributed by atoms with van der Waals surface area (Å²) >= 11 is 0. The molecule has 0 aromatic heterocycles. The van der Waals surface area contributed by atoms with E-state index in [0.717, 1.165) is 19.3 Å². The van der Waals surface area contributed by atoms with E-state index in [1.807, 2.05) is 20.8 Å². The number of nitrogens with zero attached hydrogens (tertiary/aromatic N) is 1. The second-order valence-corrected chi connectivity index (χ2v) is 7.62. The van der Waals surface area contributed by atoms with E-state index in [0.29, 0.717) is 12.8 Å². The van der Waals surface area contributed by atoms with Crippen LogP contribution in [0.1, 0.15) is 105 Å². The number of unbranched alkanes of at least 4 members (excludes halogenated alkanes) is 7. The van der Waals surface area contributed by atoms with Gasteiger partial charge < -0.3 is 4.74 Å². The van der Waals surface area contributed by atoms with E-state index in [2.05, 4.69) is 11.9 Å². The van der Waals surface area contributed by atoms with Crippen LogP contribution >= 0.6 is 0 Å². The van der Waals surface area contributed by atoms with Crippen molar-refractivity contribution in [1.29, 1.82) is 0 Å². The molecule has 0 heterocycles. The van der Waals surface area contributed by atoms with E-state index in [4.69, 9.17) is 4.74 Å². The van der Waals surface area contributed by atoms with Crippen LogP contribution in [0.5, 0.6) is 0 Å². The number of hydrogen-bond donors (Lipinski definition) is 0. The SMILES string of the molecule is CCCCCCCCCCC(CCCC(=O)OC(C)(C)C)N=C=O. The Morgan fingerprint density at radius 1 is 0.958 bits per heavy atom. The summed E-state index contributed by atoms with van der Waals surface area (Å²) in [5.41, 5.74) is -0.436. The van der Waals surface area contributed by atoms with Crippen molar-refractivity contribution in [3.63, 3.8) is 0 Å². The van der Waals surface area contributed by atoms with Crippen molar-refractivity contribution in [2.24, 2.45) is 4.99 Å². The zero-order chi connectivity index (χ0) is 18.3. The van der Waals surface area contributed by atoms with Gasteiger partial charge in [-0.15, -0.1) is 0 Å². The molecule has 0 aromatic carbocycles. The van der Waals surface area contributed by atoms with Crippen molar-refractivity contribution >= 4 is 12.0 Å². The highest BCUT2D eigenvalue weighted by atomic mass is 16.6. The summed E-state index contributed by atoms with van der Waals surface area (Å²) < 4.78 is 5.29. The number of carbonyl (C=O) groups excluding carboxylic acids is 2. The lowest BCUT2D eigenvalue weighted by molar-refractivity contribution is -0.154. The fraction of sp³-hybridized carbons (Fsp3) is 0.900. The summed E-state index contributed by atoms with van der Waals surface area (Å²) in [6, 6.07) is 0.00466. The first-order valence-corrected chi connectivity index (χ1v) is 9.68. The summed E-state index contributed by atoms with van der Waals surface area (Å²) in [7, 11) is 0. The number of aliphatic imine (C=N–C) groups is 1. The third-order valence-corrected chi connectivity index (χ3v) is 3.96. The molecule has 0 spiro atoms. The van der Waals surface area contributed by atoms with Crippen LogP contribution in [0, 0.1) is 0 Å². The molecule has 4 nitrogen and oxygen atoms in total. The Bertz CT molecular complexity index is 368. The van der Waals surface area contributed by atoms with E-state index in [-0.39, 0.29) is 12.0 Å². The van der Waals surface area contributed by atoms with Gasteiger partial charge in [0.05, 0.1) is 6.04 Å². The highest BCUT2D eigenvalue weighted by Crippen LogP contribution is 2.16. The van der Waals surface area contributed by atoms with Gasteiger partial charge >= 0.3 is 5.97 Å². The van der Waals surface area contributed by atoms with Gasteiger partial charge in [0.15, 0.2) is 0 Å². The molecule has 0 saturated carbocycles. The van der Waals surface area contributed by atoms with Crippen molar-refractivity contribution in [3.05, 3.63) is 0 Å². The van der Waals surface area contributed by atoms with E-state index < -0.39 is 5.60 Å². The molecule has 1 unspecified atom stereocenters. The largest absolute Gasteiger partial charge is 0.460 e. The van der Waals surface area contributed by atoms with Gasteiger partial charge in [-0.3, -0.25) is 4.79 Å². The van der Waals surface area contributed by atoms with Crippen molar-refractivity contribution in [3.8, 4) is 0 Å². The highest BCUT2D eigenvalue weighted by Gasteiger charge is 2.16. The molecule has 0 aliphatic carbocycles. The molecular weight excluding hydrogens is 302 g/mol. The fourth-order valence-electron chi connectivity index (χ4n) is 2.74. The van der Waals surface area contributed by atoms with Crippen LogP contribution in [0.15, 0.2) is 4.99 Å². The Morgan fingerprint density at radius 3 is 2.04 bits per heavy atom. The Morgan fingerprint density at radius 2 is 1.50 bits per heavy atom. The maximum atomic E-state index is 11.7. The van der Waals surface area contributed by atoms with Crippen molar-refractivity contribution in [1.82, 2.24) is 0 Å². The van der Waals surface area contributed by atoms with Gasteiger partial charge in [-0.2, -0.15) is 0 Å². The smallest absolute Gasteiger partial charge is 0.306 e. The maximum absolute atomic E-state index is 11.7. The molecule has 0 N–H and O–H groups in total. The van der Waals surface area contributed by atoms with Crippen molar-refractivity contribution < 1.29 is 14.3 Å². The number of carbonyl (C=O) groups is 1. The lowest BCUT2D eigenvalue weighted by Gasteiger charge is -2.19. The standard InChI is InChI=1S/C20H37NO3/c1-5-6-7-8-9-10-11-12-14-18(21-17-22)15-13-16-19(23)24-20(2,3)4/h18H,5-16H2,1-4H3. The number of hydrogen-bond acceptors (Lipinski definition) is 4. The predicted octanol–water partition coefficient (Wildman–Crippen LogP) is 5.73. The molecule has 0 aliphatic heterocycles. The summed E-state index contributed by atoms with van der Waals surface area (Å²) in [5.74, 6) is -0.177. The zero-order valence-corrected chi connectivity index (χ0v) is 16.2. The minimum atomic E-state index is -0.436. The van der Waals surface area contributed by atoms with E-state index >= 15 is 0 Å². The van der Waals surface area contributed by atoms with Gasteiger partial charge in [0.2, 0.25) is 6.08 Å². The van der Waals surface area contributed by atoms with Gasteiger partial charge in [-0.05, 0) is 40.0 Å². The first kappa shape index (κ1) is 22.9. The zero-order valence-electron chi connectivity index (χ0n) is 16.2. The maximum Gasteiger partial charge on any atom is 0.306 e. The lowest BCUT2D eigenvalue weighted by atomic mass is 10.0. The number of ether oxygens (including phenoxy) is 1. The van der Waals surface area contributed by atoms with Crippen LogP contribution < -0.4 is 0 Å². The molecule has 0 saturated heterocycles. The second kappa shape index (κ2) is 14.2. The molecule has 1 atom stereocenters. The summed E-state index contributed by atoms with van der Waals surface area (Å²) in [6.07, 6.45) is 14.6. The molecule has 0 aromatic rings. The van der Waals surface area contributed by atoms with Gasteiger partial charge in [0.1, 0.15) is 5.60 Å². The predicted molar refractivity (Wildman–Crippen MR) is 98.8 cm³/mol. The first-order chi connectivity index (χ1) is 11.4. The molecule has 0 radical (unpaired) electrons. The third kappa shape index (κ3) is 15.7. The minimum Gasteiger partial charge on any atom is -0.460 e. The summed E-state index contributed by atoms with van der Waals surface area (Å²) in [5, 5.41) is 0. The summed E-state index contributed by atoms with van der Waals surface area (Å²) in [4.78, 5) is 26.1. The van der Waals surface area contributed by atoms with Crippen LogP contribution in [0.4, 0.5) is 0 Å². The summed E-state index contributed by atoms with van der Waals surface area (Å²) in [6.45, 7) is 7.84. The second-order valence-electron chi connectivity index (χ2n) is 7.62. The van der Waals surface area contributed by atoms with Gasteiger partial charge in [-0.25, -0.2) is 9.79 Å². The molecule has 140 valence electrons. The molecule has 0 fully saturated rings. The van der Waals surface area contributed by atoms with Crippen LogP contribution in [0.3, 0.4) is 0 Å². The van der Waals surface area contributed by atoms with Crippen LogP contribution in [-0.2, 0) is 14.3 Å². The molecule has 24 heavy (non-hydrogen) atoms. The average molecular weight is 340 g/mol. The van der Waals surface area contributed by atoms with Crippen LogP contribution in [0.2, 0.25) is 0 Å². The van der Waals surface area contributed by atoms with Gasteiger partial charge in [-0.1, -0.05) is 58.3 Å². The molecule has 0 amide bonds. The quantitative estimate of drug-likeness (QED) is 0.176. The Hall–Kier alpha value is -1.15. The Labute approximate surface area is 148 Å². The average Bonchev–Trinajstić information content (AvgIpc) is 2.48. The van der Waals surface area contributed by atoms with Crippen molar-refractivity contribution in [2.75, 3.05) is 0 Å². The Kier molecular flexibility index (Phi) is 13.5. The van der Waals surface area contributed by atoms with Gasteiger partial charge in [0.25, 0.3) is 0 Å². The molecule has 0 bridgehead atoms. The molecular formula is C20H37NO3. The molecule has 0 rings (SSSR count). The minimum absolute atomic E-state index is 0.00466. The lowest BCUT2D eigenvalue weighted by Crippen LogP contribution is -2.23. The molecule has 0 aliphatic rings. The van der Waals surface area contributed by atoms with E-state index in [1.165, 1.54) is 44.9 Å². The number of esters is 1. The third-order valence-electron chi connectivity index (χ3n) is 3.96. The number of rotatable bonds is 14. The van der Waals surface area contributed by atoms with Gasteiger partial charge in [0, 0.05) is 6.42 Å². The normalized spacial score (nSPS) is 12.5. The van der Waals surface area contributed by atoms with Crippen LogP contribution in [-0.4, -0.2) is 23.7 Å². The first-order valence-electron chi connectivity index (χ1n) is 9.68.